The van der Waals surface area contributed by atoms with E-state index in [1.165, 1.54) is 23.3 Å². The quantitative estimate of drug-likeness (QED) is 0.858. The largest absolute Gasteiger partial charge is 0.508 e. The number of phenols is 1. The van der Waals surface area contributed by atoms with E-state index in [0.29, 0.717) is 24.2 Å². The second-order valence-electron chi connectivity index (χ2n) is 7.79. The molecule has 0 bridgehead atoms. The molecule has 1 aliphatic carbocycles. The molecule has 2 aromatic rings. The Labute approximate surface area is 166 Å². The Morgan fingerprint density at radius 2 is 1.93 bits per heavy atom. The van der Waals surface area contributed by atoms with Crippen molar-refractivity contribution in [3.63, 3.8) is 0 Å². The molecule has 5 rings (SSSR count). The van der Waals surface area contributed by atoms with Gasteiger partial charge in [-0.15, -0.1) is 0 Å². The fourth-order valence-electron chi connectivity index (χ4n) is 4.60. The highest BCUT2D eigenvalue weighted by molar-refractivity contribution is 6.11. The van der Waals surface area contributed by atoms with Crippen molar-refractivity contribution in [3.05, 3.63) is 65.3 Å². The lowest BCUT2D eigenvalue weighted by molar-refractivity contribution is -0.136. The molecule has 0 spiro atoms. The highest BCUT2D eigenvalue weighted by Crippen LogP contribution is 2.47. The summed E-state index contributed by atoms with van der Waals surface area (Å²) in [6.45, 7) is 0.169. The molecule has 29 heavy (non-hydrogen) atoms. The molecule has 1 aromatic heterocycles. The van der Waals surface area contributed by atoms with Crippen molar-refractivity contribution in [2.75, 3.05) is 0 Å². The molecule has 3 heterocycles. The Bertz CT molecular complexity index is 981. The van der Waals surface area contributed by atoms with Crippen LogP contribution in [0.5, 0.6) is 5.75 Å². The van der Waals surface area contributed by atoms with Gasteiger partial charge in [0.05, 0.1) is 30.3 Å². The number of phenolic OH excluding ortho intramolecular Hbond substituents is 1. The number of hydrogen-bond donors (Lipinski definition) is 1. The molecule has 1 amide bonds. The number of ether oxygens (including phenoxy) is 1. The van der Waals surface area contributed by atoms with Gasteiger partial charge in [0, 0.05) is 0 Å². The number of nitrogens with zero attached hydrogens (tertiary/aromatic N) is 1. The van der Waals surface area contributed by atoms with Crippen molar-refractivity contribution in [3.8, 4) is 5.75 Å². The van der Waals surface area contributed by atoms with E-state index in [1.54, 1.807) is 24.3 Å². The van der Waals surface area contributed by atoms with Gasteiger partial charge in [-0.05, 0) is 49.1 Å². The fourth-order valence-corrected chi connectivity index (χ4v) is 4.60. The first-order valence-electron chi connectivity index (χ1n) is 9.74. The van der Waals surface area contributed by atoms with Gasteiger partial charge >= 0.3 is 0 Å². The summed E-state index contributed by atoms with van der Waals surface area (Å²) in [4.78, 5) is 28.1. The van der Waals surface area contributed by atoms with E-state index in [2.05, 4.69) is 0 Å². The first-order chi connectivity index (χ1) is 14.0. The number of hydrogen-bond acceptors (Lipinski definition) is 5. The zero-order chi connectivity index (χ0) is 20.1. The zero-order valence-electron chi connectivity index (χ0n) is 15.6. The van der Waals surface area contributed by atoms with Gasteiger partial charge in [-0.25, -0.2) is 4.39 Å². The van der Waals surface area contributed by atoms with Crippen LogP contribution in [-0.4, -0.2) is 34.0 Å². The molecule has 3 aliphatic rings. The van der Waals surface area contributed by atoms with Gasteiger partial charge in [0.1, 0.15) is 23.8 Å². The summed E-state index contributed by atoms with van der Waals surface area (Å²) in [7, 11) is 0. The molecule has 4 unspecified atom stereocenters. The van der Waals surface area contributed by atoms with Crippen LogP contribution < -0.4 is 0 Å². The second kappa shape index (κ2) is 6.76. The number of rotatable bonds is 3. The molecule has 1 aromatic carbocycles. The first kappa shape index (κ1) is 18.0. The van der Waals surface area contributed by atoms with Gasteiger partial charge in [0.15, 0.2) is 11.5 Å². The first-order valence-corrected chi connectivity index (χ1v) is 9.74. The van der Waals surface area contributed by atoms with Crippen LogP contribution in [0.1, 0.15) is 36.6 Å². The Kier molecular flexibility index (Phi) is 4.19. The summed E-state index contributed by atoms with van der Waals surface area (Å²) in [5.41, 5.74) is 0.957. The van der Waals surface area contributed by atoms with Crippen molar-refractivity contribution in [1.82, 2.24) is 4.90 Å². The Morgan fingerprint density at radius 1 is 1.14 bits per heavy atom. The number of alkyl halides is 1. The van der Waals surface area contributed by atoms with E-state index < -0.39 is 24.2 Å². The summed E-state index contributed by atoms with van der Waals surface area (Å²) in [6, 6.07) is 9.20. The van der Waals surface area contributed by atoms with Crippen LogP contribution in [-0.2, 0) is 20.9 Å². The minimum absolute atomic E-state index is 0.0678. The van der Waals surface area contributed by atoms with Gasteiger partial charge in [-0.1, -0.05) is 12.1 Å². The molecular formula is C22H20FNO5. The van der Waals surface area contributed by atoms with Gasteiger partial charge in [0.25, 0.3) is 5.91 Å². The highest BCUT2D eigenvalue weighted by atomic mass is 19.1. The molecule has 0 radical (unpaired) electrons. The Balaban J connectivity index is 1.58. The van der Waals surface area contributed by atoms with E-state index in [9.17, 15) is 19.1 Å². The number of fused-ring (bicyclic) bond motifs is 1. The van der Waals surface area contributed by atoms with E-state index in [-0.39, 0.29) is 41.7 Å². The minimum Gasteiger partial charge on any atom is -0.508 e. The number of benzene rings is 1. The average molecular weight is 397 g/mol. The predicted molar refractivity (Wildman–Crippen MR) is 99.2 cm³/mol. The summed E-state index contributed by atoms with van der Waals surface area (Å²) in [6.07, 6.45) is 0.910. The Hall–Kier alpha value is -3.09. The van der Waals surface area contributed by atoms with Crippen LogP contribution in [0.3, 0.4) is 0 Å². The summed E-state index contributed by atoms with van der Waals surface area (Å²) < 4.78 is 25.4. The molecule has 7 heteroatoms. The maximum Gasteiger partial charge on any atom is 0.290 e. The second-order valence-corrected chi connectivity index (χ2v) is 7.79. The van der Waals surface area contributed by atoms with Crippen molar-refractivity contribution in [2.24, 2.45) is 5.92 Å². The maximum absolute atomic E-state index is 14.0. The van der Waals surface area contributed by atoms with Crippen LogP contribution in [0.25, 0.3) is 0 Å². The third-order valence-electron chi connectivity index (χ3n) is 5.99. The molecule has 150 valence electrons. The van der Waals surface area contributed by atoms with Crippen LogP contribution in [0.2, 0.25) is 0 Å². The molecule has 1 fully saturated rings. The molecule has 4 atom stereocenters. The smallest absolute Gasteiger partial charge is 0.290 e. The van der Waals surface area contributed by atoms with Gasteiger partial charge in [0.2, 0.25) is 0 Å². The van der Waals surface area contributed by atoms with Crippen molar-refractivity contribution in [1.29, 1.82) is 0 Å². The average Bonchev–Trinajstić information content (AvgIpc) is 3.32. The van der Waals surface area contributed by atoms with Crippen molar-refractivity contribution in [2.45, 2.75) is 44.1 Å². The number of Topliss-reactive ketones (excluding diaryl/α,β-unsaturated/α-hetero) is 1. The molecule has 0 saturated heterocycles. The topological polar surface area (TPSA) is 80.0 Å². The lowest BCUT2D eigenvalue weighted by Gasteiger charge is -2.36. The third-order valence-corrected chi connectivity index (χ3v) is 5.99. The number of furan rings is 1. The van der Waals surface area contributed by atoms with Gasteiger partial charge < -0.3 is 19.2 Å². The normalized spacial score (nSPS) is 28.9. The summed E-state index contributed by atoms with van der Waals surface area (Å²) in [5.74, 6) is -0.429. The summed E-state index contributed by atoms with van der Waals surface area (Å²) in [5, 5.41) is 9.65. The lowest BCUT2D eigenvalue weighted by Crippen LogP contribution is -2.42. The monoisotopic (exact) mass is 397 g/mol. The van der Waals surface area contributed by atoms with E-state index in [0.717, 1.165) is 0 Å². The molecular weight excluding hydrogens is 377 g/mol. The predicted octanol–water partition coefficient (Wildman–Crippen LogP) is 3.43. The third kappa shape index (κ3) is 2.92. The number of amides is 1. The number of aromatic hydroxyl groups is 1. The van der Waals surface area contributed by atoms with Crippen LogP contribution >= 0.6 is 0 Å². The highest BCUT2D eigenvalue weighted by Gasteiger charge is 2.53. The minimum atomic E-state index is -1.03. The number of carbonyl (C=O) groups excluding carboxylic acids is 2. The van der Waals surface area contributed by atoms with Gasteiger partial charge in [-0.2, -0.15) is 0 Å². The molecule has 2 aliphatic heterocycles. The standard InChI is InChI=1S/C22H20FNO5/c23-13-5-8-17-16(10-13)20(26)18-19(12-3-6-14(25)7-4-12)24(22(27)21(18)29-17)11-15-2-1-9-28-15/h1-4,6-7,9,13,16-17,19,25H,5,8,10-11H2. The number of halogens is 1. The van der Waals surface area contributed by atoms with E-state index in [1.807, 2.05) is 0 Å². The van der Waals surface area contributed by atoms with Gasteiger partial charge in [-0.3, -0.25) is 9.59 Å². The van der Waals surface area contributed by atoms with E-state index in [4.69, 9.17) is 9.15 Å². The van der Waals surface area contributed by atoms with E-state index >= 15 is 0 Å². The van der Waals surface area contributed by atoms with Crippen LogP contribution in [0.4, 0.5) is 4.39 Å². The fraction of sp³-hybridized carbons (Fsp3) is 0.364. The van der Waals surface area contributed by atoms with Crippen molar-refractivity contribution >= 4 is 11.7 Å². The number of ketones is 1. The summed E-state index contributed by atoms with van der Waals surface area (Å²) >= 11 is 0. The lowest BCUT2D eigenvalue weighted by atomic mass is 9.77. The SMILES string of the molecule is O=C1C2=C(OC3CCC(F)CC13)C(=O)N(Cc1ccco1)C2c1ccc(O)cc1. The van der Waals surface area contributed by atoms with Crippen LogP contribution in [0.15, 0.2) is 58.4 Å². The maximum atomic E-state index is 14.0. The Morgan fingerprint density at radius 3 is 2.66 bits per heavy atom. The molecule has 6 nitrogen and oxygen atoms in total. The molecule has 1 saturated carbocycles. The van der Waals surface area contributed by atoms with Crippen LogP contribution in [0, 0.1) is 5.92 Å². The zero-order valence-corrected chi connectivity index (χ0v) is 15.6. The number of carbonyl (C=O) groups is 2. The van der Waals surface area contributed by atoms with Crippen molar-refractivity contribution < 1.29 is 28.2 Å². The molecule has 1 N–H and O–H groups in total.